The Bertz CT molecular complexity index is 262. The zero-order valence-corrected chi connectivity index (χ0v) is 10.6. The fourth-order valence-corrected chi connectivity index (χ4v) is 1.95. The lowest BCUT2D eigenvalue weighted by Crippen LogP contribution is -2.51. The first-order valence-electron chi connectivity index (χ1n) is 5.69. The predicted octanol–water partition coefficient (Wildman–Crippen LogP) is 0.670. The predicted molar refractivity (Wildman–Crippen MR) is 63.0 cm³/mol. The van der Waals surface area contributed by atoms with Crippen molar-refractivity contribution in [2.24, 2.45) is 11.5 Å². The van der Waals surface area contributed by atoms with Crippen molar-refractivity contribution in [1.82, 2.24) is 4.90 Å². The quantitative estimate of drug-likeness (QED) is 0.692. The van der Waals surface area contributed by atoms with Crippen LogP contribution < -0.4 is 11.5 Å². The average molecular weight is 229 g/mol. The summed E-state index contributed by atoms with van der Waals surface area (Å²) >= 11 is 0. The summed E-state index contributed by atoms with van der Waals surface area (Å²) in [4.78, 5) is 13.4. The van der Waals surface area contributed by atoms with Gasteiger partial charge in [-0.3, -0.25) is 0 Å². The van der Waals surface area contributed by atoms with Gasteiger partial charge in [-0.1, -0.05) is 0 Å². The molecule has 5 heteroatoms. The van der Waals surface area contributed by atoms with E-state index in [1.807, 2.05) is 20.8 Å². The van der Waals surface area contributed by atoms with Gasteiger partial charge in [0, 0.05) is 19.1 Å². The molecule has 0 aromatic rings. The number of carbonyl (C=O) groups excluding carboxylic acids is 1. The molecule has 4 N–H and O–H groups in total. The molecular formula is C11H23N3O2. The lowest BCUT2D eigenvalue weighted by molar-refractivity contribution is 0.0213. The topological polar surface area (TPSA) is 81.6 Å². The van der Waals surface area contributed by atoms with Crippen LogP contribution in [0.5, 0.6) is 0 Å². The zero-order valence-electron chi connectivity index (χ0n) is 10.6. The van der Waals surface area contributed by atoms with Crippen molar-refractivity contribution >= 4 is 6.09 Å². The number of carbonyl (C=O) groups is 1. The van der Waals surface area contributed by atoms with Crippen LogP contribution in [0, 0.1) is 0 Å². The van der Waals surface area contributed by atoms with Crippen molar-refractivity contribution in [2.75, 3.05) is 7.05 Å². The summed E-state index contributed by atoms with van der Waals surface area (Å²) in [6.07, 6.45) is 1.37. The number of hydrogen-bond donors (Lipinski definition) is 2. The Hall–Kier alpha value is -0.810. The van der Waals surface area contributed by atoms with E-state index in [-0.39, 0.29) is 24.2 Å². The second-order valence-electron chi connectivity index (χ2n) is 5.48. The van der Waals surface area contributed by atoms with Crippen LogP contribution in [0.25, 0.3) is 0 Å². The van der Waals surface area contributed by atoms with E-state index in [1.165, 1.54) is 0 Å². The minimum Gasteiger partial charge on any atom is -0.444 e. The highest BCUT2D eigenvalue weighted by Crippen LogP contribution is 2.22. The highest BCUT2D eigenvalue weighted by molar-refractivity contribution is 5.68. The number of likely N-dealkylation sites (N-methyl/N-ethyl adjacent to an activating group) is 1. The molecule has 1 saturated carbocycles. The van der Waals surface area contributed by atoms with Crippen LogP contribution in [-0.4, -0.2) is 41.8 Å². The van der Waals surface area contributed by atoms with E-state index in [4.69, 9.17) is 16.2 Å². The van der Waals surface area contributed by atoms with Crippen LogP contribution >= 0.6 is 0 Å². The summed E-state index contributed by atoms with van der Waals surface area (Å²) in [5.41, 5.74) is 11.3. The van der Waals surface area contributed by atoms with Gasteiger partial charge in [0.05, 0.1) is 6.04 Å². The molecule has 16 heavy (non-hydrogen) atoms. The van der Waals surface area contributed by atoms with E-state index in [0.29, 0.717) is 0 Å². The SMILES string of the molecule is CN(C(=O)OC(C)(C)C)[C@@H]1CC[C@@H](N)[C@H]1N. The summed E-state index contributed by atoms with van der Waals surface area (Å²) in [6, 6.07) is -0.183. The highest BCUT2D eigenvalue weighted by Gasteiger charge is 2.36. The number of rotatable bonds is 1. The average Bonchev–Trinajstić information content (AvgIpc) is 2.44. The maximum Gasteiger partial charge on any atom is 0.410 e. The van der Waals surface area contributed by atoms with E-state index in [0.717, 1.165) is 12.8 Å². The number of nitrogens with zero attached hydrogens (tertiary/aromatic N) is 1. The monoisotopic (exact) mass is 229 g/mol. The van der Waals surface area contributed by atoms with E-state index < -0.39 is 5.60 Å². The number of ether oxygens (including phenoxy) is 1. The molecule has 1 amide bonds. The lowest BCUT2D eigenvalue weighted by atomic mass is 10.1. The van der Waals surface area contributed by atoms with E-state index in [2.05, 4.69) is 0 Å². The van der Waals surface area contributed by atoms with Gasteiger partial charge in [0.1, 0.15) is 5.60 Å². The maximum atomic E-state index is 11.8. The van der Waals surface area contributed by atoms with Crippen molar-refractivity contribution in [3.8, 4) is 0 Å². The molecule has 0 radical (unpaired) electrons. The Labute approximate surface area is 97.1 Å². The fraction of sp³-hybridized carbons (Fsp3) is 0.909. The van der Waals surface area contributed by atoms with Crippen LogP contribution in [0.1, 0.15) is 33.6 Å². The van der Waals surface area contributed by atoms with Gasteiger partial charge in [-0.05, 0) is 33.6 Å². The number of amides is 1. The highest BCUT2D eigenvalue weighted by atomic mass is 16.6. The molecule has 0 aromatic heterocycles. The van der Waals surface area contributed by atoms with Gasteiger partial charge in [-0.2, -0.15) is 0 Å². The van der Waals surface area contributed by atoms with Gasteiger partial charge >= 0.3 is 6.09 Å². The molecule has 3 atom stereocenters. The standard InChI is InChI=1S/C11H23N3O2/c1-11(2,3)16-10(15)14(4)8-6-5-7(12)9(8)13/h7-9H,5-6,12-13H2,1-4H3/t7-,8-,9-/m1/s1. The zero-order chi connectivity index (χ0) is 12.5. The first kappa shape index (κ1) is 13.3. The minimum atomic E-state index is -0.476. The van der Waals surface area contributed by atoms with Crippen molar-refractivity contribution in [3.63, 3.8) is 0 Å². The summed E-state index contributed by atoms with van der Waals surface area (Å²) in [7, 11) is 1.72. The molecule has 0 aromatic carbocycles. The Morgan fingerprint density at radius 2 is 1.88 bits per heavy atom. The molecule has 0 saturated heterocycles. The molecule has 94 valence electrons. The summed E-state index contributed by atoms with van der Waals surface area (Å²) in [5.74, 6) is 0. The van der Waals surface area contributed by atoms with E-state index in [9.17, 15) is 4.79 Å². The van der Waals surface area contributed by atoms with Crippen molar-refractivity contribution in [3.05, 3.63) is 0 Å². The first-order chi connectivity index (χ1) is 7.22. The van der Waals surface area contributed by atoms with Gasteiger partial charge in [-0.15, -0.1) is 0 Å². The smallest absolute Gasteiger partial charge is 0.410 e. The molecule has 0 spiro atoms. The molecule has 0 unspecified atom stereocenters. The van der Waals surface area contributed by atoms with Crippen LogP contribution in [0.15, 0.2) is 0 Å². The van der Waals surface area contributed by atoms with Crippen molar-refractivity contribution in [1.29, 1.82) is 0 Å². The Balaban J connectivity index is 2.58. The molecule has 1 aliphatic carbocycles. The second-order valence-corrected chi connectivity index (χ2v) is 5.48. The molecule has 5 nitrogen and oxygen atoms in total. The van der Waals surface area contributed by atoms with Crippen LogP contribution in [-0.2, 0) is 4.74 Å². The molecule has 1 fully saturated rings. The summed E-state index contributed by atoms with van der Waals surface area (Å²) in [5, 5.41) is 0. The molecule has 0 heterocycles. The Kier molecular flexibility index (Phi) is 3.80. The van der Waals surface area contributed by atoms with Gasteiger partial charge in [0.15, 0.2) is 0 Å². The van der Waals surface area contributed by atoms with Gasteiger partial charge in [0.2, 0.25) is 0 Å². The van der Waals surface area contributed by atoms with Crippen LogP contribution in [0.4, 0.5) is 4.79 Å². The van der Waals surface area contributed by atoms with Crippen LogP contribution in [0.3, 0.4) is 0 Å². The van der Waals surface area contributed by atoms with E-state index in [1.54, 1.807) is 11.9 Å². The number of nitrogens with two attached hydrogens (primary N) is 2. The molecule has 1 rings (SSSR count). The summed E-state index contributed by atoms with van der Waals surface area (Å²) in [6.45, 7) is 5.54. The Morgan fingerprint density at radius 3 is 2.25 bits per heavy atom. The van der Waals surface area contributed by atoms with Crippen LogP contribution in [0.2, 0.25) is 0 Å². The molecule has 1 aliphatic rings. The van der Waals surface area contributed by atoms with Gasteiger partial charge in [-0.25, -0.2) is 4.79 Å². The maximum absolute atomic E-state index is 11.8. The number of hydrogen-bond acceptors (Lipinski definition) is 4. The van der Waals surface area contributed by atoms with Crippen molar-refractivity contribution in [2.45, 2.75) is 57.3 Å². The third-order valence-electron chi connectivity index (χ3n) is 2.91. The molecule has 0 bridgehead atoms. The first-order valence-corrected chi connectivity index (χ1v) is 5.69. The molecule has 0 aliphatic heterocycles. The third-order valence-corrected chi connectivity index (χ3v) is 2.91. The molecular weight excluding hydrogens is 206 g/mol. The second kappa shape index (κ2) is 4.59. The lowest BCUT2D eigenvalue weighted by Gasteiger charge is -2.31. The Morgan fingerprint density at radius 1 is 1.31 bits per heavy atom. The third kappa shape index (κ3) is 3.09. The normalized spacial score (nSPS) is 30.2. The minimum absolute atomic E-state index is 0.00940. The van der Waals surface area contributed by atoms with Gasteiger partial charge < -0.3 is 21.1 Å². The van der Waals surface area contributed by atoms with Crippen molar-refractivity contribution < 1.29 is 9.53 Å². The van der Waals surface area contributed by atoms with Gasteiger partial charge in [0.25, 0.3) is 0 Å². The summed E-state index contributed by atoms with van der Waals surface area (Å²) < 4.78 is 5.29. The largest absolute Gasteiger partial charge is 0.444 e. The fourth-order valence-electron chi connectivity index (χ4n) is 1.95. The van der Waals surface area contributed by atoms with E-state index >= 15 is 0 Å².